The van der Waals surface area contributed by atoms with E-state index in [1.165, 1.54) is 12.1 Å². The summed E-state index contributed by atoms with van der Waals surface area (Å²) in [6, 6.07) is 9.88. The topological polar surface area (TPSA) is 108 Å². The molecule has 33 heavy (non-hydrogen) atoms. The Morgan fingerprint density at radius 2 is 1.97 bits per heavy atom. The van der Waals surface area contributed by atoms with Crippen molar-refractivity contribution in [2.45, 2.75) is 20.3 Å². The van der Waals surface area contributed by atoms with Crippen molar-refractivity contribution in [1.29, 1.82) is 0 Å². The van der Waals surface area contributed by atoms with E-state index in [9.17, 15) is 22.4 Å². The van der Waals surface area contributed by atoms with Crippen molar-refractivity contribution < 1.29 is 22.4 Å². The molecular weight excluding hydrogens is 471 g/mol. The van der Waals surface area contributed by atoms with Crippen LogP contribution < -0.4 is 15.6 Å². The van der Waals surface area contributed by atoms with Crippen molar-refractivity contribution in [3.63, 3.8) is 0 Å². The van der Waals surface area contributed by atoms with Gasteiger partial charge in [-0.05, 0) is 49.4 Å². The Morgan fingerprint density at radius 3 is 2.67 bits per heavy atom. The number of nitrogens with zero attached hydrogens (tertiary/aromatic N) is 1. The Balaban J connectivity index is 1.66. The molecule has 1 unspecified atom stereocenters. The normalized spacial score (nSPS) is 16.0. The van der Waals surface area contributed by atoms with E-state index in [0.717, 1.165) is 11.1 Å². The van der Waals surface area contributed by atoms with E-state index in [0.29, 0.717) is 31.6 Å². The Kier molecular flexibility index (Phi) is 7.93. The van der Waals surface area contributed by atoms with Crippen LogP contribution in [0.3, 0.4) is 0 Å². The first-order valence-electron chi connectivity index (χ1n) is 10.5. The molecule has 2 aromatic carbocycles. The van der Waals surface area contributed by atoms with Gasteiger partial charge in [0.05, 0.1) is 16.3 Å². The Morgan fingerprint density at radius 1 is 1.21 bits per heavy atom. The summed E-state index contributed by atoms with van der Waals surface area (Å²) in [6.07, 6.45) is 0.523. The molecule has 1 aliphatic rings. The van der Waals surface area contributed by atoms with E-state index < -0.39 is 21.7 Å². The highest BCUT2D eigenvalue weighted by atomic mass is 35.5. The second kappa shape index (κ2) is 10.5. The largest absolute Gasteiger partial charge is 0.338 e. The second-order valence-electron chi connectivity index (χ2n) is 7.96. The molecule has 8 nitrogen and oxygen atoms in total. The number of carbonyl (C=O) groups is 2. The van der Waals surface area contributed by atoms with Crippen LogP contribution in [0.4, 0.5) is 9.18 Å². The smallest absolute Gasteiger partial charge is 0.317 e. The highest BCUT2D eigenvalue weighted by Gasteiger charge is 2.30. The number of hydrogen-bond donors (Lipinski definition) is 3. The van der Waals surface area contributed by atoms with Gasteiger partial charge < -0.3 is 10.2 Å². The molecule has 1 aliphatic heterocycles. The van der Waals surface area contributed by atoms with E-state index in [1.807, 2.05) is 30.0 Å². The van der Waals surface area contributed by atoms with Crippen LogP contribution in [0.25, 0.3) is 11.1 Å². The Bertz CT molecular complexity index is 1160. The van der Waals surface area contributed by atoms with Gasteiger partial charge in [-0.2, -0.15) is 0 Å². The zero-order chi connectivity index (χ0) is 24.2. The average Bonchev–Trinajstić information content (AvgIpc) is 3.22. The van der Waals surface area contributed by atoms with Crippen molar-refractivity contribution in [1.82, 2.24) is 20.5 Å². The van der Waals surface area contributed by atoms with Crippen molar-refractivity contribution in [2.24, 2.45) is 5.92 Å². The van der Waals surface area contributed by atoms with Crippen molar-refractivity contribution in [3.05, 3.63) is 58.4 Å². The first-order valence-corrected chi connectivity index (χ1v) is 12.5. The molecule has 2 aromatic rings. The summed E-state index contributed by atoms with van der Waals surface area (Å²) in [5.74, 6) is -2.48. The number of sulfonamides is 1. The van der Waals surface area contributed by atoms with Crippen LogP contribution in [0.2, 0.25) is 5.02 Å². The fourth-order valence-corrected chi connectivity index (χ4v) is 5.15. The van der Waals surface area contributed by atoms with E-state index in [4.69, 9.17) is 11.6 Å². The molecular formula is C22H26ClFN4O4S. The summed E-state index contributed by atoms with van der Waals surface area (Å²) < 4.78 is 39.4. The number of halogens is 2. The summed E-state index contributed by atoms with van der Waals surface area (Å²) >= 11 is 5.99. The number of likely N-dealkylation sites (tertiary alicyclic amines) is 1. The van der Waals surface area contributed by atoms with Gasteiger partial charge in [0.2, 0.25) is 10.0 Å². The predicted molar refractivity (Wildman–Crippen MR) is 125 cm³/mol. The minimum atomic E-state index is -3.92. The maximum Gasteiger partial charge on any atom is 0.317 e. The fourth-order valence-electron chi connectivity index (χ4n) is 3.71. The minimum Gasteiger partial charge on any atom is -0.338 e. The van der Waals surface area contributed by atoms with Gasteiger partial charge in [0, 0.05) is 19.6 Å². The lowest BCUT2D eigenvalue weighted by Crippen LogP contribution is -2.44. The highest BCUT2D eigenvalue weighted by Crippen LogP contribution is 2.28. The van der Waals surface area contributed by atoms with Crippen molar-refractivity contribution in [3.8, 4) is 11.1 Å². The van der Waals surface area contributed by atoms with Gasteiger partial charge >= 0.3 is 6.03 Å². The molecule has 0 aromatic heterocycles. The molecule has 11 heteroatoms. The SMILES string of the molecule is CCNC(=O)N1CCC(CS(=O)(=O)NNC(=O)c2cc(-c3cccc(C)c3)cc(Cl)c2F)C1. The second-order valence-corrected chi connectivity index (χ2v) is 10.1. The lowest BCUT2D eigenvalue weighted by Gasteiger charge is -2.17. The monoisotopic (exact) mass is 496 g/mol. The lowest BCUT2D eigenvalue weighted by atomic mass is 10.0. The van der Waals surface area contributed by atoms with Gasteiger partial charge in [0.1, 0.15) is 0 Å². The maximum atomic E-state index is 14.5. The molecule has 1 heterocycles. The Hall–Kier alpha value is -2.69. The first-order chi connectivity index (χ1) is 15.6. The molecule has 1 saturated heterocycles. The van der Waals surface area contributed by atoms with Crippen LogP contribution in [-0.2, 0) is 10.0 Å². The van der Waals surface area contributed by atoms with Gasteiger partial charge in [-0.15, -0.1) is 4.83 Å². The number of aryl methyl sites for hydroxylation is 1. The average molecular weight is 497 g/mol. The summed E-state index contributed by atoms with van der Waals surface area (Å²) in [6.45, 7) is 4.93. The number of amides is 3. The quantitative estimate of drug-likeness (QED) is 0.512. The predicted octanol–water partition coefficient (Wildman–Crippen LogP) is 3.07. The van der Waals surface area contributed by atoms with Crippen LogP contribution in [-0.4, -0.2) is 50.6 Å². The highest BCUT2D eigenvalue weighted by molar-refractivity contribution is 7.89. The molecule has 0 aliphatic carbocycles. The van der Waals surface area contributed by atoms with E-state index >= 15 is 0 Å². The summed E-state index contributed by atoms with van der Waals surface area (Å²) in [5, 5.41) is 2.43. The van der Waals surface area contributed by atoms with E-state index in [-0.39, 0.29) is 28.3 Å². The molecule has 3 rings (SSSR count). The molecule has 3 N–H and O–H groups in total. The van der Waals surface area contributed by atoms with Crippen LogP contribution in [0.5, 0.6) is 0 Å². The summed E-state index contributed by atoms with van der Waals surface area (Å²) in [5.41, 5.74) is 3.91. The van der Waals surface area contributed by atoms with Crippen LogP contribution in [0, 0.1) is 18.7 Å². The summed E-state index contributed by atoms with van der Waals surface area (Å²) in [7, 11) is -3.92. The van der Waals surface area contributed by atoms with Crippen LogP contribution >= 0.6 is 11.6 Å². The molecule has 0 spiro atoms. The molecule has 0 bridgehead atoms. The van der Waals surface area contributed by atoms with Crippen molar-refractivity contribution >= 4 is 33.6 Å². The van der Waals surface area contributed by atoms with Gasteiger partial charge in [-0.25, -0.2) is 17.6 Å². The number of urea groups is 1. The number of carbonyl (C=O) groups excluding carboxylic acids is 2. The zero-order valence-corrected chi connectivity index (χ0v) is 19.9. The van der Waals surface area contributed by atoms with Crippen molar-refractivity contribution in [2.75, 3.05) is 25.4 Å². The molecule has 1 atom stereocenters. The number of hydrazine groups is 1. The molecule has 178 valence electrons. The van der Waals surface area contributed by atoms with Gasteiger partial charge in [0.25, 0.3) is 5.91 Å². The lowest BCUT2D eigenvalue weighted by molar-refractivity contribution is 0.0941. The molecule has 0 radical (unpaired) electrons. The summed E-state index contributed by atoms with van der Waals surface area (Å²) in [4.78, 5) is 28.0. The number of rotatable bonds is 7. The fraction of sp³-hybridized carbons (Fsp3) is 0.364. The third kappa shape index (κ3) is 6.43. The zero-order valence-electron chi connectivity index (χ0n) is 18.3. The van der Waals surface area contributed by atoms with Gasteiger partial charge in [-0.3, -0.25) is 10.2 Å². The molecule has 0 saturated carbocycles. The standard InChI is InChI=1S/C22H26ClFN4O4S/c1-3-25-22(30)28-8-7-15(12-28)13-33(31,32)27-26-21(29)18-10-17(11-19(23)20(18)24)16-6-4-5-14(2)9-16/h4-6,9-11,15,27H,3,7-8,12-13H2,1-2H3,(H,25,30)(H,26,29). The maximum absolute atomic E-state index is 14.5. The number of benzene rings is 2. The molecule has 1 fully saturated rings. The van der Waals surface area contributed by atoms with Gasteiger partial charge in [0.15, 0.2) is 5.82 Å². The van der Waals surface area contributed by atoms with E-state index in [1.54, 1.807) is 17.9 Å². The van der Waals surface area contributed by atoms with Crippen LogP contribution in [0.1, 0.15) is 29.3 Å². The Labute approximate surface area is 197 Å². The third-order valence-corrected chi connectivity index (χ3v) is 6.90. The first kappa shape index (κ1) is 24.9. The third-order valence-electron chi connectivity index (χ3n) is 5.30. The number of hydrogen-bond acceptors (Lipinski definition) is 4. The minimum absolute atomic E-state index is 0.237. The van der Waals surface area contributed by atoms with Gasteiger partial charge in [-0.1, -0.05) is 41.4 Å². The van der Waals surface area contributed by atoms with E-state index in [2.05, 4.69) is 10.7 Å². The number of nitrogens with one attached hydrogen (secondary N) is 3. The van der Waals surface area contributed by atoms with Crippen LogP contribution in [0.15, 0.2) is 36.4 Å². The molecule has 3 amide bonds.